The maximum absolute atomic E-state index is 13.2. The summed E-state index contributed by atoms with van der Waals surface area (Å²) in [5, 5.41) is 18.5. The van der Waals surface area contributed by atoms with Crippen LogP contribution in [0.25, 0.3) is 0 Å². The lowest BCUT2D eigenvalue weighted by molar-refractivity contribution is 0.0982. The summed E-state index contributed by atoms with van der Waals surface area (Å²) in [5.74, 6) is -3.08. The fourth-order valence-corrected chi connectivity index (χ4v) is 1.24. The number of halogens is 1. The van der Waals surface area contributed by atoms with Crippen molar-refractivity contribution >= 4 is 5.78 Å². The van der Waals surface area contributed by atoms with Crippen LogP contribution in [0.3, 0.4) is 0 Å². The third-order valence-electron chi connectivity index (χ3n) is 2.08. The SMILES string of the molecule is Cc1cc(C(=O)CCN)c(O)c(F)c1O. The Kier molecular flexibility index (Phi) is 3.26. The van der Waals surface area contributed by atoms with Gasteiger partial charge in [-0.1, -0.05) is 0 Å². The molecular weight excluding hydrogens is 201 g/mol. The second kappa shape index (κ2) is 4.27. The molecule has 0 aliphatic rings. The van der Waals surface area contributed by atoms with Crippen molar-refractivity contribution in [1.29, 1.82) is 0 Å². The molecule has 0 aliphatic carbocycles. The molecule has 0 saturated heterocycles. The van der Waals surface area contributed by atoms with Crippen LogP contribution < -0.4 is 5.73 Å². The minimum Gasteiger partial charge on any atom is -0.505 e. The maximum atomic E-state index is 13.2. The van der Waals surface area contributed by atoms with Crippen LogP contribution in [0.1, 0.15) is 22.3 Å². The molecule has 5 heteroatoms. The Morgan fingerprint density at radius 3 is 2.60 bits per heavy atom. The van der Waals surface area contributed by atoms with E-state index in [1.807, 2.05) is 0 Å². The van der Waals surface area contributed by atoms with Crippen LogP contribution in [0.5, 0.6) is 11.5 Å². The van der Waals surface area contributed by atoms with Gasteiger partial charge < -0.3 is 15.9 Å². The zero-order valence-electron chi connectivity index (χ0n) is 8.25. The first-order valence-corrected chi connectivity index (χ1v) is 4.43. The van der Waals surface area contributed by atoms with Crippen LogP contribution in [-0.2, 0) is 0 Å². The van der Waals surface area contributed by atoms with Gasteiger partial charge >= 0.3 is 0 Å². The number of benzene rings is 1. The summed E-state index contributed by atoms with van der Waals surface area (Å²) < 4.78 is 13.2. The molecule has 0 atom stereocenters. The van der Waals surface area contributed by atoms with Gasteiger partial charge in [0.25, 0.3) is 0 Å². The van der Waals surface area contributed by atoms with E-state index < -0.39 is 23.1 Å². The summed E-state index contributed by atoms with van der Waals surface area (Å²) in [6.45, 7) is 1.57. The molecule has 4 N–H and O–H groups in total. The van der Waals surface area contributed by atoms with E-state index in [0.717, 1.165) is 0 Å². The van der Waals surface area contributed by atoms with E-state index >= 15 is 0 Å². The maximum Gasteiger partial charge on any atom is 0.207 e. The number of carbonyl (C=O) groups is 1. The minimum absolute atomic E-state index is 0.0250. The van der Waals surface area contributed by atoms with Crippen LogP contribution in [0.2, 0.25) is 0 Å². The first kappa shape index (κ1) is 11.5. The quantitative estimate of drug-likeness (QED) is 0.656. The predicted octanol–water partition coefficient (Wildman–Crippen LogP) is 1.08. The van der Waals surface area contributed by atoms with Crippen molar-refractivity contribution in [2.75, 3.05) is 6.54 Å². The number of rotatable bonds is 3. The van der Waals surface area contributed by atoms with Gasteiger partial charge in [-0.05, 0) is 25.1 Å². The topological polar surface area (TPSA) is 83.6 Å². The number of phenols is 2. The number of aryl methyl sites for hydroxylation is 1. The van der Waals surface area contributed by atoms with Crippen molar-refractivity contribution < 1.29 is 19.4 Å². The van der Waals surface area contributed by atoms with E-state index in [2.05, 4.69) is 0 Å². The Labute approximate surface area is 86.1 Å². The molecule has 4 nitrogen and oxygen atoms in total. The molecule has 0 heterocycles. The van der Waals surface area contributed by atoms with Gasteiger partial charge in [0.2, 0.25) is 5.82 Å². The minimum atomic E-state index is -1.17. The van der Waals surface area contributed by atoms with E-state index in [-0.39, 0.29) is 24.1 Å². The molecule has 1 aromatic carbocycles. The lowest BCUT2D eigenvalue weighted by Gasteiger charge is -2.07. The zero-order chi connectivity index (χ0) is 11.6. The Balaban J connectivity index is 3.26. The lowest BCUT2D eigenvalue weighted by atomic mass is 10.0. The summed E-state index contributed by atoms with van der Waals surface area (Å²) in [4.78, 5) is 11.4. The number of phenolic OH excluding ortho intramolecular Hbond substituents is 2. The normalized spacial score (nSPS) is 10.3. The molecule has 0 unspecified atom stereocenters. The summed E-state index contributed by atoms with van der Waals surface area (Å²) in [7, 11) is 0. The van der Waals surface area contributed by atoms with Gasteiger partial charge in [-0.15, -0.1) is 0 Å². The summed E-state index contributed by atoms with van der Waals surface area (Å²) in [6, 6.07) is 1.24. The number of Topliss-reactive ketones (excluding diaryl/α,β-unsaturated/α-hetero) is 1. The van der Waals surface area contributed by atoms with E-state index in [4.69, 9.17) is 10.8 Å². The second-order valence-electron chi connectivity index (χ2n) is 3.21. The smallest absolute Gasteiger partial charge is 0.207 e. The monoisotopic (exact) mass is 213 g/mol. The average Bonchev–Trinajstić information content (AvgIpc) is 2.20. The number of hydrogen-bond acceptors (Lipinski definition) is 4. The largest absolute Gasteiger partial charge is 0.505 e. The third-order valence-corrected chi connectivity index (χ3v) is 2.08. The van der Waals surface area contributed by atoms with Crippen molar-refractivity contribution in [1.82, 2.24) is 0 Å². The van der Waals surface area contributed by atoms with E-state index in [1.165, 1.54) is 13.0 Å². The summed E-state index contributed by atoms with van der Waals surface area (Å²) in [5.41, 5.74) is 5.23. The summed E-state index contributed by atoms with van der Waals surface area (Å²) in [6.07, 6.45) is 0.0250. The van der Waals surface area contributed by atoms with Gasteiger partial charge in [0.15, 0.2) is 17.3 Å². The van der Waals surface area contributed by atoms with Crippen LogP contribution >= 0.6 is 0 Å². The third kappa shape index (κ3) is 2.07. The fourth-order valence-electron chi connectivity index (χ4n) is 1.24. The molecule has 0 aromatic heterocycles. The van der Waals surface area contributed by atoms with Gasteiger partial charge in [-0.3, -0.25) is 4.79 Å². The molecule has 0 fully saturated rings. The molecular formula is C10H12FNO3. The standard InChI is InChI=1S/C10H12FNO3/c1-5-4-6(7(13)2-3-12)10(15)8(11)9(5)14/h4,14-15H,2-3,12H2,1H3. The zero-order valence-corrected chi connectivity index (χ0v) is 8.25. The van der Waals surface area contributed by atoms with Gasteiger partial charge in [-0.25, -0.2) is 0 Å². The number of nitrogens with two attached hydrogens (primary N) is 1. The number of hydrogen-bond donors (Lipinski definition) is 3. The highest BCUT2D eigenvalue weighted by Crippen LogP contribution is 2.32. The molecule has 1 aromatic rings. The molecule has 1 rings (SSSR count). The predicted molar refractivity (Wildman–Crippen MR) is 52.5 cm³/mol. The molecule has 15 heavy (non-hydrogen) atoms. The Hall–Kier alpha value is -1.62. The van der Waals surface area contributed by atoms with Crippen molar-refractivity contribution in [3.8, 4) is 11.5 Å². The second-order valence-corrected chi connectivity index (χ2v) is 3.21. The number of ketones is 1. The number of carbonyl (C=O) groups excluding carboxylic acids is 1. The van der Waals surface area contributed by atoms with Crippen molar-refractivity contribution in [3.63, 3.8) is 0 Å². The Bertz CT molecular complexity index is 404. The summed E-state index contributed by atoms with van der Waals surface area (Å²) >= 11 is 0. The van der Waals surface area contributed by atoms with Gasteiger partial charge in [0, 0.05) is 6.42 Å². The van der Waals surface area contributed by atoms with Gasteiger partial charge in [0.1, 0.15) is 0 Å². The molecule has 0 bridgehead atoms. The number of aromatic hydroxyl groups is 2. The Morgan fingerprint density at radius 1 is 1.47 bits per heavy atom. The molecule has 0 aliphatic heterocycles. The van der Waals surface area contributed by atoms with Gasteiger partial charge in [-0.2, -0.15) is 4.39 Å². The van der Waals surface area contributed by atoms with Crippen LogP contribution in [0, 0.1) is 12.7 Å². The molecule has 0 amide bonds. The first-order valence-electron chi connectivity index (χ1n) is 4.43. The molecule has 0 radical (unpaired) electrons. The van der Waals surface area contributed by atoms with Crippen LogP contribution in [0.4, 0.5) is 4.39 Å². The highest BCUT2D eigenvalue weighted by Gasteiger charge is 2.19. The molecule has 82 valence electrons. The lowest BCUT2D eigenvalue weighted by Crippen LogP contribution is -2.09. The Morgan fingerprint density at radius 2 is 2.07 bits per heavy atom. The van der Waals surface area contributed by atoms with Crippen molar-refractivity contribution in [3.05, 3.63) is 23.0 Å². The molecule has 0 saturated carbocycles. The van der Waals surface area contributed by atoms with E-state index in [0.29, 0.717) is 0 Å². The van der Waals surface area contributed by atoms with Crippen molar-refractivity contribution in [2.24, 2.45) is 5.73 Å². The van der Waals surface area contributed by atoms with E-state index in [1.54, 1.807) is 0 Å². The highest BCUT2D eigenvalue weighted by atomic mass is 19.1. The van der Waals surface area contributed by atoms with E-state index in [9.17, 15) is 14.3 Å². The first-order chi connectivity index (χ1) is 6.99. The van der Waals surface area contributed by atoms with Gasteiger partial charge in [0.05, 0.1) is 5.56 Å². The fraction of sp³-hybridized carbons (Fsp3) is 0.300. The average molecular weight is 213 g/mol. The van der Waals surface area contributed by atoms with Crippen LogP contribution in [0.15, 0.2) is 6.07 Å². The van der Waals surface area contributed by atoms with Crippen molar-refractivity contribution in [2.45, 2.75) is 13.3 Å². The highest BCUT2D eigenvalue weighted by molar-refractivity contribution is 5.99. The molecule has 0 spiro atoms. The van der Waals surface area contributed by atoms with Crippen LogP contribution in [-0.4, -0.2) is 22.5 Å².